The molecule has 0 saturated heterocycles. The molecule has 3 aliphatic heterocycles. The van der Waals surface area contributed by atoms with Crippen LogP contribution in [0.15, 0.2) is 364 Å². The van der Waals surface area contributed by atoms with Gasteiger partial charge < -0.3 is 17.9 Å². The SMILES string of the molecule is c1ccc(B2c3ccccc3B(c3ccccc3)c3c2cc2ccc4c5c(ccc3c25)cc2c4n3c4ccccc4c4c(-c5cc6c7c(c5)-c5ccccc5B7c5cc7ccc8c9c(ccc(c5B6c5ccccc5)c79)cc5c8n(-c6ccccc6)c6cccc7c8ccccc8n5c76)ccc(c43)n2-c2ccccc2)cc1. The van der Waals surface area contributed by atoms with Crippen LogP contribution in [0, 0.1) is 0 Å². The molecule has 27 rings (SSSR count). The molecule has 0 bridgehead atoms. The minimum Gasteiger partial charge on any atom is -0.306 e. The predicted octanol–water partition coefficient (Wildman–Crippen LogP) is 16.8. The highest BCUT2D eigenvalue weighted by Crippen LogP contribution is 2.49. The first-order valence-electron chi connectivity index (χ1n) is 39.5. The first kappa shape index (κ1) is 59.9. The van der Waals surface area contributed by atoms with Gasteiger partial charge in [0.15, 0.2) is 0 Å². The lowest BCUT2D eigenvalue weighted by molar-refractivity contribution is 1.14. The molecule has 0 unspecified atom stereocenters. The molecule has 0 amide bonds. The summed E-state index contributed by atoms with van der Waals surface area (Å²) in [5.41, 5.74) is 35.8. The quantitative estimate of drug-likeness (QED) is 0.0898. The van der Waals surface area contributed by atoms with Gasteiger partial charge in [-0.2, -0.15) is 0 Å². The monoisotopic (exact) mass is 1410 g/mol. The number of hydrogen-bond donors (Lipinski definition) is 0. The number of hydrogen-bond acceptors (Lipinski definition) is 0. The second kappa shape index (κ2) is 21.9. The molecule has 0 N–H and O–H groups in total. The number of nitrogens with zero attached hydrogens (tertiary/aromatic N) is 4. The van der Waals surface area contributed by atoms with Crippen molar-refractivity contribution in [3.8, 4) is 33.6 Å². The molecule has 0 aliphatic carbocycles. The van der Waals surface area contributed by atoms with Crippen molar-refractivity contribution in [1.82, 2.24) is 17.9 Å². The lowest BCUT2D eigenvalue weighted by Crippen LogP contribution is -2.75. The van der Waals surface area contributed by atoms with Gasteiger partial charge >= 0.3 is 0 Å². The molecule has 508 valence electrons. The molecule has 3 aliphatic rings. The second-order valence-electron chi connectivity index (χ2n) is 31.9. The molecular weight excluding hydrogens is 1350 g/mol. The van der Waals surface area contributed by atoms with Crippen LogP contribution < -0.4 is 65.6 Å². The van der Waals surface area contributed by atoms with E-state index in [0.29, 0.717) is 0 Å². The highest BCUT2D eigenvalue weighted by atomic mass is 15.1. The second-order valence-corrected chi connectivity index (χ2v) is 31.9. The zero-order chi connectivity index (χ0) is 72.4. The van der Waals surface area contributed by atoms with Crippen molar-refractivity contribution in [3.63, 3.8) is 0 Å². The molecular formula is C104H60B4N4. The minimum atomic E-state index is -0.1000. The van der Waals surface area contributed by atoms with Crippen molar-refractivity contribution >= 4 is 234 Å². The number of aromatic nitrogens is 4. The van der Waals surface area contributed by atoms with Crippen LogP contribution in [0.4, 0.5) is 0 Å². The number of benzene rings is 20. The largest absolute Gasteiger partial charge is 0.306 e. The number of para-hydroxylation sites is 5. The molecule has 4 aromatic heterocycles. The standard InChI is InChI=1S/C104H60B4N4/c1-6-25-66(26-7-1)105-82-40-20-21-41-83(82)106(67-27-8-2-9-28-67)98-76-49-45-63-59-91-103(79-52-48-61(56-84(98)105)93(76)96(63)79)112-88-43-23-18-37-75(88)97-71(53-54-90(104(97)112)109(91)69-31-12-4-13-32-69)65-55-80-72-35-16-19-39-81(72)108-86-57-62-47-51-78-95-64(46-50-77(94(62)95)99(86)107(85(58-65)100(80)108)68-29-10-3-11-30-68)60-92-102(78)110(70-33-14-5-15-34-70)89-44-24-38-74-73-36-17-22-42-87(73)111(92)101(74)89/h1-60H. The maximum atomic E-state index is 2.68. The molecule has 0 atom stereocenters. The van der Waals surface area contributed by atoms with Crippen molar-refractivity contribution in [1.29, 1.82) is 0 Å². The van der Waals surface area contributed by atoms with Crippen molar-refractivity contribution in [3.05, 3.63) is 364 Å². The van der Waals surface area contributed by atoms with E-state index in [2.05, 4.69) is 382 Å². The van der Waals surface area contributed by atoms with E-state index in [-0.39, 0.29) is 26.9 Å². The van der Waals surface area contributed by atoms with Crippen molar-refractivity contribution in [2.45, 2.75) is 0 Å². The maximum Gasteiger partial charge on any atom is 0.241 e. The summed E-state index contributed by atoms with van der Waals surface area (Å²) in [5.74, 6) is 0. The van der Waals surface area contributed by atoms with E-state index in [0.717, 1.165) is 22.4 Å². The van der Waals surface area contributed by atoms with Crippen molar-refractivity contribution in [2.75, 3.05) is 0 Å². The average Bonchev–Trinajstić information content (AvgIpc) is 1.35. The summed E-state index contributed by atoms with van der Waals surface area (Å²) in [6.07, 6.45) is 0. The smallest absolute Gasteiger partial charge is 0.241 e. The Morgan fingerprint density at radius 3 is 1.29 bits per heavy atom. The normalized spacial score (nSPS) is 13.3. The third-order valence-electron chi connectivity index (χ3n) is 26.7. The summed E-state index contributed by atoms with van der Waals surface area (Å²) in [4.78, 5) is 0. The Morgan fingerprint density at radius 2 is 0.634 bits per heavy atom. The Kier molecular flexibility index (Phi) is 11.7. The fourth-order valence-electron chi connectivity index (χ4n) is 22.6. The van der Waals surface area contributed by atoms with Crippen LogP contribution >= 0.6 is 0 Å². The van der Waals surface area contributed by atoms with E-state index in [1.807, 2.05) is 0 Å². The third kappa shape index (κ3) is 7.62. The van der Waals surface area contributed by atoms with Gasteiger partial charge in [0.05, 0.1) is 55.2 Å². The van der Waals surface area contributed by atoms with Gasteiger partial charge in [-0.25, -0.2) is 0 Å². The van der Waals surface area contributed by atoms with Crippen LogP contribution in [0.5, 0.6) is 0 Å². The van der Waals surface area contributed by atoms with E-state index >= 15 is 0 Å². The highest BCUT2D eigenvalue weighted by Gasteiger charge is 2.47. The fourth-order valence-corrected chi connectivity index (χ4v) is 22.6. The maximum absolute atomic E-state index is 2.68. The van der Waals surface area contributed by atoms with Gasteiger partial charge in [0.2, 0.25) is 26.9 Å². The van der Waals surface area contributed by atoms with E-state index in [1.54, 1.807) is 0 Å². The molecule has 7 heterocycles. The average molecular weight is 1410 g/mol. The van der Waals surface area contributed by atoms with Crippen LogP contribution in [0.25, 0.3) is 175 Å². The molecule has 0 saturated carbocycles. The predicted molar refractivity (Wildman–Crippen MR) is 481 cm³/mol. The summed E-state index contributed by atoms with van der Waals surface area (Å²) in [6, 6.07) is 140. The van der Waals surface area contributed by atoms with Gasteiger partial charge in [0.25, 0.3) is 0 Å². The lowest BCUT2D eigenvalue weighted by Gasteiger charge is -2.34. The summed E-state index contributed by atoms with van der Waals surface area (Å²) in [5, 5.41) is 20.4. The molecule has 0 spiro atoms. The Morgan fingerprint density at radius 1 is 0.188 bits per heavy atom. The van der Waals surface area contributed by atoms with E-state index in [4.69, 9.17) is 0 Å². The molecule has 112 heavy (non-hydrogen) atoms. The van der Waals surface area contributed by atoms with E-state index in [1.165, 1.54) is 218 Å². The summed E-state index contributed by atoms with van der Waals surface area (Å²) >= 11 is 0. The molecule has 4 nitrogen and oxygen atoms in total. The summed E-state index contributed by atoms with van der Waals surface area (Å²) < 4.78 is 10.4. The highest BCUT2D eigenvalue weighted by molar-refractivity contribution is 7.14. The Labute approximate surface area is 644 Å². The molecule has 20 aromatic carbocycles. The van der Waals surface area contributed by atoms with Crippen molar-refractivity contribution in [2.24, 2.45) is 0 Å². The Balaban J connectivity index is 0.733. The van der Waals surface area contributed by atoms with Gasteiger partial charge in [-0.15, -0.1) is 0 Å². The topological polar surface area (TPSA) is 18.7 Å². The van der Waals surface area contributed by atoms with Crippen LogP contribution in [-0.4, -0.2) is 44.8 Å². The van der Waals surface area contributed by atoms with Crippen LogP contribution in [0.2, 0.25) is 0 Å². The first-order chi connectivity index (χ1) is 55.6. The minimum absolute atomic E-state index is 0.0208. The molecule has 8 heteroatoms. The van der Waals surface area contributed by atoms with E-state index in [9.17, 15) is 0 Å². The number of rotatable bonds is 6. The fraction of sp³-hybridized carbons (Fsp3) is 0. The van der Waals surface area contributed by atoms with Gasteiger partial charge in [0, 0.05) is 43.7 Å². The van der Waals surface area contributed by atoms with Crippen LogP contribution in [0.3, 0.4) is 0 Å². The summed E-state index contributed by atoms with van der Waals surface area (Å²) in [6.45, 7) is 0.0158. The van der Waals surface area contributed by atoms with Gasteiger partial charge in [-0.1, -0.05) is 363 Å². The summed E-state index contributed by atoms with van der Waals surface area (Å²) in [7, 11) is 0. The molecule has 0 radical (unpaired) electrons. The first-order valence-corrected chi connectivity index (χ1v) is 39.5. The van der Waals surface area contributed by atoms with Crippen molar-refractivity contribution < 1.29 is 0 Å². The third-order valence-corrected chi connectivity index (χ3v) is 26.7. The lowest BCUT2D eigenvalue weighted by atomic mass is 9.20. The number of fused-ring (bicyclic) bond motifs is 21. The zero-order valence-corrected chi connectivity index (χ0v) is 60.7. The van der Waals surface area contributed by atoms with Crippen LogP contribution in [-0.2, 0) is 0 Å². The van der Waals surface area contributed by atoms with Gasteiger partial charge in [-0.05, 0) is 143 Å². The van der Waals surface area contributed by atoms with E-state index < -0.39 is 0 Å². The van der Waals surface area contributed by atoms with Gasteiger partial charge in [-0.3, -0.25) is 0 Å². The zero-order valence-electron chi connectivity index (χ0n) is 60.7. The molecule has 24 aromatic rings. The Bertz CT molecular complexity index is 8270. The van der Waals surface area contributed by atoms with Crippen LogP contribution in [0.1, 0.15) is 0 Å². The Hall–Kier alpha value is -14.1. The molecule has 0 fully saturated rings. The van der Waals surface area contributed by atoms with Gasteiger partial charge in [0.1, 0.15) is 0 Å².